The first-order valence-electron chi connectivity index (χ1n) is 6.94. The van der Waals surface area contributed by atoms with Crippen LogP contribution in [0, 0.1) is 20.8 Å². The van der Waals surface area contributed by atoms with E-state index in [1.54, 1.807) is 11.3 Å². The number of nitrogens with zero attached hydrogens (tertiary/aromatic N) is 1. The van der Waals surface area contributed by atoms with Crippen LogP contribution in [0.2, 0.25) is 0 Å². The molecule has 0 saturated carbocycles. The molecule has 2 N–H and O–H groups in total. The Kier molecular flexibility index (Phi) is 3.52. The summed E-state index contributed by atoms with van der Waals surface area (Å²) in [5.74, 6) is 0. The van der Waals surface area contributed by atoms with Crippen molar-refractivity contribution in [2.45, 2.75) is 20.8 Å². The molecule has 0 atom stereocenters. The van der Waals surface area contributed by atoms with E-state index in [2.05, 4.69) is 38.3 Å². The number of hydrogen-bond acceptors (Lipinski definition) is 3. The normalized spacial score (nSPS) is 10.8. The largest absolute Gasteiger partial charge is 0.399 e. The van der Waals surface area contributed by atoms with Crippen molar-refractivity contribution in [3.63, 3.8) is 0 Å². The average molecular weight is 294 g/mol. The first-order chi connectivity index (χ1) is 10.0. The third kappa shape index (κ3) is 2.69. The molecule has 3 aromatic rings. The molecule has 0 aliphatic heterocycles. The van der Waals surface area contributed by atoms with Gasteiger partial charge in [-0.2, -0.15) is 0 Å². The van der Waals surface area contributed by atoms with Crippen LogP contribution >= 0.6 is 11.3 Å². The number of aromatic nitrogens is 1. The quantitative estimate of drug-likeness (QED) is 0.677. The van der Waals surface area contributed by atoms with Crippen molar-refractivity contribution in [2.75, 3.05) is 5.73 Å². The standard InChI is InChI=1S/C18H18N2S/c1-11-7-13(3)16(8-12(11)2)17-10-21-18(20-17)14-5-4-6-15(19)9-14/h4-10H,19H2,1-3H3. The Morgan fingerprint density at radius 1 is 0.952 bits per heavy atom. The molecule has 0 amide bonds. The van der Waals surface area contributed by atoms with Gasteiger partial charge in [0.15, 0.2) is 0 Å². The van der Waals surface area contributed by atoms with E-state index in [1.165, 1.54) is 22.3 Å². The van der Waals surface area contributed by atoms with Gasteiger partial charge >= 0.3 is 0 Å². The van der Waals surface area contributed by atoms with Crippen LogP contribution in [-0.2, 0) is 0 Å². The number of thiazole rings is 1. The highest BCUT2D eigenvalue weighted by molar-refractivity contribution is 7.13. The lowest BCUT2D eigenvalue weighted by Gasteiger charge is -2.07. The van der Waals surface area contributed by atoms with Gasteiger partial charge in [0.1, 0.15) is 5.01 Å². The summed E-state index contributed by atoms with van der Waals surface area (Å²) < 4.78 is 0. The fraction of sp³-hybridized carbons (Fsp3) is 0.167. The van der Waals surface area contributed by atoms with Crippen LogP contribution in [0.15, 0.2) is 41.8 Å². The number of nitrogens with two attached hydrogens (primary N) is 1. The molecule has 3 heteroatoms. The van der Waals surface area contributed by atoms with Crippen molar-refractivity contribution in [2.24, 2.45) is 0 Å². The molecule has 3 rings (SSSR count). The van der Waals surface area contributed by atoms with Crippen molar-refractivity contribution in [1.29, 1.82) is 0 Å². The minimum atomic E-state index is 0.770. The molecule has 1 heterocycles. The topological polar surface area (TPSA) is 38.9 Å². The van der Waals surface area contributed by atoms with Crippen molar-refractivity contribution < 1.29 is 0 Å². The molecular weight excluding hydrogens is 276 g/mol. The summed E-state index contributed by atoms with van der Waals surface area (Å²) in [4.78, 5) is 4.79. The molecule has 1 aromatic heterocycles. The third-order valence-corrected chi connectivity index (χ3v) is 4.65. The summed E-state index contributed by atoms with van der Waals surface area (Å²) in [7, 11) is 0. The second-order valence-electron chi connectivity index (χ2n) is 5.41. The van der Waals surface area contributed by atoms with E-state index in [1.807, 2.05) is 24.3 Å². The van der Waals surface area contributed by atoms with Gasteiger partial charge in [0, 0.05) is 22.2 Å². The van der Waals surface area contributed by atoms with E-state index in [4.69, 9.17) is 10.7 Å². The Balaban J connectivity index is 2.05. The minimum absolute atomic E-state index is 0.770. The SMILES string of the molecule is Cc1cc(C)c(-c2csc(-c3cccc(N)c3)n2)cc1C. The van der Waals surface area contributed by atoms with Gasteiger partial charge in [0.25, 0.3) is 0 Å². The molecule has 0 spiro atoms. The predicted molar refractivity (Wildman–Crippen MR) is 91.6 cm³/mol. The lowest BCUT2D eigenvalue weighted by molar-refractivity contribution is 1.28. The molecule has 2 nitrogen and oxygen atoms in total. The van der Waals surface area contributed by atoms with Crippen LogP contribution in [0.5, 0.6) is 0 Å². The molecule has 106 valence electrons. The summed E-state index contributed by atoms with van der Waals surface area (Å²) in [5.41, 5.74) is 13.8. The molecule has 2 aromatic carbocycles. The Hall–Kier alpha value is -2.13. The maximum absolute atomic E-state index is 5.85. The van der Waals surface area contributed by atoms with Crippen molar-refractivity contribution in [3.8, 4) is 21.8 Å². The maximum Gasteiger partial charge on any atom is 0.124 e. The zero-order chi connectivity index (χ0) is 15.0. The monoisotopic (exact) mass is 294 g/mol. The number of rotatable bonds is 2. The molecular formula is C18H18N2S. The van der Waals surface area contributed by atoms with Gasteiger partial charge in [-0.05, 0) is 55.7 Å². The van der Waals surface area contributed by atoms with Crippen molar-refractivity contribution >= 4 is 17.0 Å². The number of nitrogen functional groups attached to an aromatic ring is 1. The molecule has 0 radical (unpaired) electrons. The minimum Gasteiger partial charge on any atom is -0.399 e. The van der Waals surface area contributed by atoms with Crippen LogP contribution in [0.25, 0.3) is 21.8 Å². The van der Waals surface area contributed by atoms with Crippen LogP contribution in [0.3, 0.4) is 0 Å². The summed E-state index contributed by atoms with van der Waals surface area (Å²) >= 11 is 1.66. The zero-order valence-electron chi connectivity index (χ0n) is 12.5. The molecule has 0 unspecified atom stereocenters. The van der Waals surface area contributed by atoms with E-state index >= 15 is 0 Å². The van der Waals surface area contributed by atoms with Crippen LogP contribution < -0.4 is 5.73 Å². The fourth-order valence-electron chi connectivity index (χ4n) is 2.44. The fourth-order valence-corrected chi connectivity index (χ4v) is 3.26. The summed E-state index contributed by atoms with van der Waals surface area (Å²) in [6.45, 7) is 6.43. The number of hydrogen-bond donors (Lipinski definition) is 1. The van der Waals surface area contributed by atoms with Crippen LogP contribution in [0.4, 0.5) is 5.69 Å². The van der Waals surface area contributed by atoms with Gasteiger partial charge in [0.05, 0.1) is 5.69 Å². The first-order valence-corrected chi connectivity index (χ1v) is 7.82. The summed E-state index contributed by atoms with van der Waals surface area (Å²) in [6.07, 6.45) is 0. The predicted octanol–water partition coefficient (Wildman–Crippen LogP) is 4.98. The van der Waals surface area contributed by atoms with Gasteiger partial charge in [-0.1, -0.05) is 18.2 Å². The molecule has 0 aliphatic carbocycles. The Morgan fingerprint density at radius 2 is 1.71 bits per heavy atom. The van der Waals surface area contributed by atoms with Gasteiger partial charge in [-0.3, -0.25) is 0 Å². The molecule has 0 fully saturated rings. The first kappa shape index (κ1) is 13.8. The van der Waals surface area contributed by atoms with Gasteiger partial charge in [0.2, 0.25) is 0 Å². The summed E-state index contributed by atoms with van der Waals surface area (Å²) in [6, 6.07) is 12.3. The maximum atomic E-state index is 5.85. The lowest BCUT2D eigenvalue weighted by atomic mass is 9.99. The zero-order valence-corrected chi connectivity index (χ0v) is 13.3. The molecule has 21 heavy (non-hydrogen) atoms. The van der Waals surface area contributed by atoms with Crippen LogP contribution in [-0.4, -0.2) is 4.98 Å². The van der Waals surface area contributed by atoms with E-state index < -0.39 is 0 Å². The second-order valence-corrected chi connectivity index (χ2v) is 6.27. The van der Waals surface area contributed by atoms with Gasteiger partial charge in [-0.25, -0.2) is 4.98 Å². The van der Waals surface area contributed by atoms with Crippen molar-refractivity contribution in [3.05, 3.63) is 58.5 Å². The van der Waals surface area contributed by atoms with E-state index in [0.29, 0.717) is 0 Å². The smallest absolute Gasteiger partial charge is 0.124 e. The van der Waals surface area contributed by atoms with Crippen molar-refractivity contribution in [1.82, 2.24) is 4.98 Å². The van der Waals surface area contributed by atoms with E-state index in [-0.39, 0.29) is 0 Å². The number of benzene rings is 2. The number of anilines is 1. The summed E-state index contributed by atoms with van der Waals surface area (Å²) in [5, 5.41) is 3.13. The highest BCUT2D eigenvalue weighted by atomic mass is 32.1. The highest BCUT2D eigenvalue weighted by Crippen LogP contribution is 2.32. The Morgan fingerprint density at radius 3 is 2.48 bits per heavy atom. The van der Waals surface area contributed by atoms with Gasteiger partial charge < -0.3 is 5.73 Å². The molecule has 0 aliphatic rings. The Bertz CT molecular complexity index is 803. The molecule has 0 saturated heterocycles. The lowest BCUT2D eigenvalue weighted by Crippen LogP contribution is -1.89. The highest BCUT2D eigenvalue weighted by Gasteiger charge is 2.10. The number of aryl methyl sites for hydroxylation is 3. The average Bonchev–Trinajstić information content (AvgIpc) is 2.92. The third-order valence-electron chi connectivity index (χ3n) is 3.75. The molecule has 0 bridgehead atoms. The Labute approximate surface area is 129 Å². The second kappa shape index (κ2) is 5.34. The van der Waals surface area contributed by atoms with E-state index in [0.717, 1.165) is 22.0 Å². The van der Waals surface area contributed by atoms with Gasteiger partial charge in [-0.15, -0.1) is 11.3 Å². The van der Waals surface area contributed by atoms with Crippen LogP contribution in [0.1, 0.15) is 16.7 Å². The van der Waals surface area contributed by atoms with E-state index in [9.17, 15) is 0 Å².